The fraction of sp³-hybridized carbons (Fsp3) is 0.400. The van der Waals surface area contributed by atoms with Crippen LogP contribution in [0.1, 0.15) is 22.1 Å². The molecule has 3 rings (SSSR count). The number of carbonyl (C=O) groups excluding carboxylic acids is 1. The molecule has 0 N–H and O–H groups in total. The smallest absolute Gasteiger partial charge is 0.253 e. The highest BCUT2D eigenvalue weighted by atomic mass is 16.4. The third kappa shape index (κ3) is 3.28. The van der Waals surface area contributed by atoms with Crippen LogP contribution in [0.3, 0.4) is 0 Å². The monoisotopic (exact) mass is 286 g/mol. The van der Waals surface area contributed by atoms with Gasteiger partial charge in [-0.05, 0) is 12.1 Å². The minimum absolute atomic E-state index is 0.101. The molecule has 0 spiro atoms. The lowest BCUT2D eigenvalue weighted by molar-refractivity contribution is 0.0617. The second-order valence-electron chi connectivity index (χ2n) is 5.15. The molecular formula is C15H18N4O2. The van der Waals surface area contributed by atoms with Crippen molar-refractivity contribution in [1.82, 2.24) is 20.0 Å². The Morgan fingerprint density at radius 1 is 1.14 bits per heavy atom. The molecule has 0 atom stereocenters. The van der Waals surface area contributed by atoms with Gasteiger partial charge in [0.25, 0.3) is 5.91 Å². The summed E-state index contributed by atoms with van der Waals surface area (Å²) in [5.74, 6) is 1.32. The molecular weight excluding hydrogens is 268 g/mol. The molecule has 0 aliphatic carbocycles. The van der Waals surface area contributed by atoms with Gasteiger partial charge in [-0.3, -0.25) is 9.69 Å². The minimum Gasteiger partial charge on any atom is -0.424 e. The van der Waals surface area contributed by atoms with Crippen LogP contribution in [0.15, 0.2) is 34.7 Å². The third-order valence-corrected chi connectivity index (χ3v) is 3.61. The Balaban J connectivity index is 1.54. The predicted molar refractivity (Wildman–Crippen MR) is 76.7 cm³/mol. The molecule has 0 radical (unpaired) electrons. The van der Waals surface area contributed by atoms with Gasteiger partial charge in [0.2, 0.25) is 11.8 Å². The van der Waals surface area contributed by atoms with E-state index >= 15 is 0 Å². The zero-order chi connectivity index (χ0) is 14.7. The Morgan fingerprint density at radius 2 is 1.86 bits per heavy atom. The topological polar surface area (TPSA) is 62.5 Å². The SMILES string of the molecule is Cc1nnc(CN2CCN(C(=O)c3ccccc3)CC2)o1. The molecule has 1 aromatic carbocycles. The van der Waals surface area contributed by atoms with Gasteiger partial charge in [-0.1, -0.05) is 18.2 Å². The molecule has 110 valence electrons. The van der Waals surface area contributed by atoms with E-state index in [1.54, 1.807) is 6.92 Å². The van der Waals surface area contributed by atoms with Gasteiger partial charge < -0.3 is 9.32 Å². The summed E-state index contributed by atoms with van der Waals surface area (Å²) in [6.07, 6.45) is 0. The molecule has 6 nitrogen and oxygen atoms in total. The summed E-state index contributed by atoms with van der Waals surface area (Å²) in [7, 11) is 0. The van der Waals surface area contributed by atoms with E-state index in [1.165, 1.54) is 0 Å². The standard InChI is InChI=1S/C15H18N4O2/c1-12-16-17-14(21-12)11-18-7-9-19(10-8-18)15(20)13-5-3-2-4-6-13/h2-6H,7-11H2,1H3. The highest BCUT2D eigenvalue weighted by Crippen LogP contribution is 2.11. The van der Waals surface area contributed by atoms with Gasteiger partial charge >= 0.3 is 0 Å². The zero-order valence-electron chi connectivity index (χ0n) is 12.0. The van der Waals surface area contributed by atoms with E-state index in [4.69, 9.17) is 4.42 Å². The Labute approximate surface area is 123 Å². The van der Waals surface area contributed by atoms with Crippen LogP contribution in [0.25, 0.3) is 0 Å². The Bertz CT molecular complexity index is 603. The molecule has 0 bridgehead atoms. The second kappa shape index (κ2) is 6.05. The molecule has 0 saturated carbocycles. The van der Waals surface area contributed by atoms with Crippen molar-refractivity contribution in [2.75, 3.05) is 26.2 Å². The van der Waals surface area contributed by atoms with Crippen LogP contribution in [0.4, 0.5) is 0 Å². The molecule has 1 amide bonds. The van der Waals surface area contributed by atoms with Crippen molar-refractivity contribution in [2.45, 2.75) is 13.5 Å². The van der Waals surface area contributed by atoms with Gasteiger partial charge in [0.1, 0.15) is 0 Å². The third-order valence-electron chi connectivity index (χ3n) is 3.61. The number of piperazine rings is 1. The van der Waals surface area contributed by atoms with E-state index < -0.39 is 0 Å². The number of carbonyl (C=O) groups is 1. The van der Waals surface area contributed by atoms with Gasteiger partial charge in [-0.15, -0.1) is 10.2 Å². The first-order valence-electron chi connectivity index (χ1n) is 7.08. The van der Waals surface area contributed by atoms with E-state index in [-0.39, 0.29) is 5.91 Å². The molecule has 1 aromatic heterocycles. The van der Waals surface area contributed by atoms with E-state index in [0.717, 1.165) is 31.7 Å². The number of nitrogens with zero attached hydrogens (tertiary/aromatic N) is 4. The van der Waals surface area contributed by atoms with E-state index in [0.29, 0.717) is 18.3 Å². The van der Waals surface area contributed by atoms with Gasteiger partial charge in [0.05, 0.1) is 6.54 Å². The summed E-state index contributed by atoms with van der Waals surface area (Å²) in [6.45, 7) is 5.52. The summed E-state index contributed by atoms with van der Waals surface area (Å²) in [4.78, 5) is 16.5. The zero-order valence-corrected chi connectivity index (χ0v) is 12.0. The second-order valence-corrected chi connectivity index (χ2v) is 5.15. The van der Waals surface area contributed by atoms with Crippen LogP contribution >= 0.6 is 0 Å². The highest BCUT2D eigenvalue weighted by molar-refractivity contribution is 5.94. The maximum Gasteiger partial charge on any atom is 0.253 e. The van der Waals surface area contributed by atoms with Crippen molar-refractivity contribution >= 4 is 5.91 Å². The summed E-state index contributed by atoms with van der Waals surface area (Å²) >= 11 is 0. The Hall–Kier alpha value is -2.21. The lowest BCUT2D eigenvalue weighted by atomic mass is 10.2. The van der Waals surface area contributed by atoms with Crippen molar-refractivity contribution < 1.29 is 9.21 Å². The highest BCUT2D eigenvalue weighted by Gasteiger charge is 2.22. The van der Waals surface area contributed by atoms with E-state index in [9.17, 15) is 4.79 Å². The fourth-order valence-corrected chi connectivity index (χ4v) is 2.47. The maximum absolute atomic E-state index is 12.3. The molecule has 1 aliphatic rings. The minimum atomic E-state index is 0.101. The van der Waals surface area contributed by atoms with Crippen molar-refractivity contribution in [3.63, 3.8) is 0 Å². The van der Waals surface area contributed by atoms with Crippen LogP contribution in [-0.4, -0.2) is 52.1 Å². The van der Waals surface area contributed by atoms with E-state index in [1.807, 2.05) is 35.2 Å². The van der Waals surface area contributed by atoms with Crippen molar-refractivity contribution in [3.05, 3.63) is 47.7 Å². The summed E-state index contributed by atoms with van der Waals surface area (Å²) in [6, 6.07) is 9.41. The van der Waals surface area contributed by atoms with Crippen LogP contribution < -0.4 is 0 Å². The molecule has 1 saturated heterocycles. The average Bonchev–Trinajstić information content (AvgIpc) is 2.93. The van der Waals surface area contributed by atoms with Crippen LogP contribution in [-0.2, 0) is 6.54 Å². The summed E-state index contributed by atoms with van der Waals surface area (Å²) < 4.78 is 5.39. The lowest BCUT2D eigenvalue weighted by Crippen LogP contribution is -2.48. The fourth-order valence-electron chi connectivity index (χ4n) is 2.47. The number of hydrogen-bond donors (Lipinski definition) is 0. The van der Waals surface area contributed by atoms with Gasteiger partial charge in [0, 0.05) is 38.7 Å². The molecule has 21 heavy (non-hydrogen) atoms. The van der Waals surface area contributed by atoms with Crippen LogP contribution in [0.5, 0.6) is 0 Å². The van der Waals surface area contributed by atoms with Crippen molar-refractivity contribution in [1.29, 1.82) is 0 Å². The van der Waals surface area contributed by atoms with Gasteiger partial charge in [-0.2, -0.15) is 0 Å². The number of aryl methyl sites for hydroxylation is 1. The normalized spacial score (nSPS) is 16.1. The lowest BCUT2D eigenvalue weighted by Gasteiger charge is -2.34. The maximum atomic E-state index is 12.3. The van der Waals surface area contributed by atoms with Crippen molar-refractivity contribution in [2.24, 2.45) is 0 Å². The molecule has 1 fully saturated rings. The van der Waals surface area contributed by atoms with Crippen molar-refractivity contribution in [3.8, 4) is 0 Å². The Morgan fingerprint density at radius 3 is 2.48 bits per heavy atom. The average molecular weight is 286 g/mol. The predicted octanol–water partition coefficient (Wildman–Crippen LogP) is 1.34. The molecule has 2 heterocycles. The number of hydrogen-bond acceptors (Lipinski definition) is 5. The Kier molecular flexibility index (Phi) is 3.96. The quantitative estimate of drug-likeness (QED) is 0.852. The molecule has 6 heteroatoms. The largest absolute Gasteiger partial charge is 0.424 e. The van der Waals surface area contributed by atoms with Gasteiger partial charge in [-0.25, -0.2) is 0 Å². The molecule has 0 unspecified atom stereocenters. The summed E-state index contributed by atoms with van der Waals surface area (Å²) in [5.41, 5.74) is 0.749. The number of rotatable bonds is 3. The first-order chi connectivity index (χ1) is 10.2. The first-order valence-corrected chi connectivity index (χ1v) is 7.08. The van der Waals surface area contributed by atoms with Crippen LogP contribution in [0.2, 0.25) is 0 Å². The van der Waals surface area contributed by atoms with Gasteiger partial charge in [0.15, 0.2) is 0 Å². The molecule has 2 aromatic rings. The summed E-state index contributed by atoms with van der Waals surface area (Å²) in [5, 5.41) is 7.83. The first kappa shape index (κ1) is 13.8. The van der Waals surface area contributed by atoms with E-state index in [2.05, 4.69) is 15.1 Å². The number of aromatic nitrogens is 2. The number of amides is 1. The number of benzene rings is 1. The molecule has 1 aliphatic heterocycles. The van der Waals surface area contributed by atoms with Crippen LogP contribution in [0, 0.1) is 6.92 Å².